The second-order valence-electron chi connectivity index (χ2n) is 12.6. The fraction of sp³-hybridized carbons (Fsp3) is 0.333. The van der Waals surface area contributed by atoms with Gasteiger partial charge in [-0.3, -0.25) is 24.1 Å². The van der Waals surface area contributed by atoms with Gasteiger partial charge in [0.15, 0.2) is 11.4 Å². The van der Waals surface area contributed by atoms with E-state index in [1.165, 1.54) is 31.1 Å². The van der Waals surface area contributed by atoms with Crippen LogP contribution in [0.5, 0.6) is 5.75 Å². The number of fused-ring (bicyclic) bond motifs is 4. The van der Waals surface area contributed by atoms with Gasteiger partial charge in [-0.1, -0.05) is 31.2 Å². The summed E-state index contributed by atoms with van der Waals surface area (Å²) in [5.41, 5.74) is 8.62. The number of anilines is 1. The van der Waals surface area contributed by atoms with Crippen molar-refractivity contribution in [3.8, 4) is 5.75 Å². The summed E-state index contributed by atoms with van der Waals surface area (Å²) in [5.74, 6) is -10.7. The standard InChI is InChI=1S/C33H35N5O9/c1-12-14-8-9-18(37-32(46)16(34)10-13-11-36-17-7-5-4-6-15(13)17)25(39)20(14)26(40)21-19(12)27(41)23-24(38(2)3)28(42)22(31(35)45)30(44)33(23,47)29(21)43/h4-9,11-12,16,19,23-24,27,36,39-41,44,47H,10,34H2,1-3H3,(H2,35,45)(H,37,46)/t12?,16-,19?,23?,24-,27?,33-/m0/s1. The number of nitrogens with one attached hydrogen (secondary N) is 2. The lowest BCUT2D eigenvalue weighted by molar-refractivity contribution is -0.169. The number of H-pyrrole nitrogens is 1. The third-order valence-corrected chi connectivity index (χ3v) is 9.84. The van der Waals surface area contributed by atoms with Crippen molar-refractivity contribution in [3.05, 3.63) is 76.2 Å². The average molecular weight is 646 g/mol. The van der Waals surface area contributed by atoms with Gasteiger partial charge in [0.25, 0.3) is 5.91 Å². The predicted octanol–water partition coefficient (Wildman–Crippen LogP) is 0.486. The van der Waals surface area contributed by atoms with E-state index in [0.717, 1.165) is 16.5 Å². The number of aromatic nitrogens is 1. The van der Waals surface area contributed by atoms with Gasteiger partial charge in [-0.15, -0.1) is 0 Å². The van der Waals surface area contributed by atoms with E-state index in [-0.39, 0.29) is 17.7 Å². The fourth-order valence-electron chi connectivity index (χ4n) is 7.57. The number of phenols is 1. The molecule has 14 nitrogen and oxygen atoms in total. The second-order valence-corrected chi connectivity index (χ2v) is 12.6. The number of Topliss-reactive ketones (excluding diaryl/α,β-unsaturated/α-hetero) is 2. The third kappa shape index (κ3) is 4.47. The summed E-state index contributed by atoms with van der Waals surface area (Å²) < 4.78 is 0. The molecule has 2 amide bonds. The van der Waals surface area contributed by atoms with E-state index in [1.807, 2.05) is 24.3 Å². The van der Waals surface area contributed by atoms with Crippen molar-refractivity contribution in [1.29, 1.82) is 0 Å². The Morgan fingerprint density at radius 3 is 2.45 bits per heavy atom. The zero-order valence-corrected chi connectivity index (χ0v) is 25.7. The van der Waals surface area contributed by atoms with Gasteiger partial charge in [0, 0.05) is 28.6 Å². The first kappa shape index (κ1) is 31.9. The van der Waals surface area contributed by atoms with E-state index in [1.54, 1.807) is 13.1 Å². The SMILES string of the molecule is CC1c2ccc(NC(=O)[C@@H](N)Cc3c[nH]c4ccccc34)c(O)c2C(O)=C2C(=O)[C@]3(O)C(O)=C(C(N)=O)C(=O)[C@@H](N(C)C)C3C(O)C21. The Morgan fingerprint density at radius 2 is 1.79 bits per heavy atom. The van der Waals surface area contributed by atoms with E-state index in [0.29, 0.717) is 5.56 Å². The lowest BCUT2D eigenvalue weighted by atomic mass is 9.54. The fourth-order valence-corrected chi connectivity index (χ4v) is 7.57. The topological polar surface area (TPSA) is 253 Å². The maximum Gasteiger partial charge on any atom is 0.255 e. The number of aromatic hydroxyl groups is 1. The van der Waals surface area contributed by atoms with Gasteiger partial charge < -0.3 is 47.3 Å². The molecule has 1 saturated carbocycles. The Hall–Kier alpha value is -5.02. The largest absolute Gasteiger partial charge is 0.508 e. The van der Waals surface area contributed by atoms with Gasteiger partial charge >= 0.3 is 0 Å². The molecule has 0 saturated heterocycles. The highest BCUT2D eigenvalue weighted by atomic mass is 16.4. The predicted molar refractivity (Wildman–Crippen MR) is 169 cm³/mol. The molecule has 3 aromatic rings. The summed E-state index contributed by atoms with van der Waals surface area (Å²) >= 11 is 0. The summed E-state index contributed by atoms with van der Waals surface area (Å²) in [7, 11) is 2.87. The lowest BCUT2D eigenvalue weighted by Gasteiger charge is -2.53. The highest BCUT2D eigenvalue weighted by molar-refractivity contribution is 6.24. The number of hydrogen-bond donors (Lipinski definition) is 9. The first-order chi connectivity index (χ1) is 22.1. The quantitative estimate of drug-likeness (QED) is 0.132. The van der Waals surface area contributed by atoms with Crippen LogP contribution in [0.25, 0.3) is 16.7 Å². The molecular formula is C33H35N5O9. The number of carbonyl (C=O) groups excluding carboxylic acids is 4. The number of phenolic OH excluding ortho intramolecular Hbond substituents is 1. The van der Waals surface area contributed by atoms with Crippen molar-refractivity contribution in [2.75, 3.05) is 19.4 Å². The third-order valence-electron chi connectivity index (χ3n) is 9.84. The Kier molecular flexibility index (Phi) is 7.51. The van der Waals surface area contributed by atoms with Gasteiger partial charge in [-0.05, 0) is 49.7 Å². The highest BCUT2D eigenvalue weighted by Crippen LogP contribution is 2.56. The molecule has 4 unspecified atom stereocenters. The molecule has 7 atom stereocenters. The van der Waals surface area contributed by atoms with Crippen LogP contribution < -0.4 is 16.8 Å². The van der Waals surface area contributed by atoms with Crippen LogP contribution in [0, 0.1) is 11.8 Å². The minimum absolute atomic E-state index is 0.129. The lowest BCUT2D eigenvalue weighted by Crippen LogP contribution is -2.70. The van der Waals surface area contributed by atoms with Crippen molar-refractivity contribution in [2.24, 2.45) is 23.3 Å². The molecule has 1 fully saturated rings. The number of aromatic amines is 1. The second kappa shape index (κ2) is 11.1. The van der Waals surface area contributed by atoms with Crippen LogP contribution in [-0.4, -0.2) is 96.7 Å². The summed E-state index contributed by atoms with van der Waals surface area (Å²) in [6, 6.07) is 7.93. The summed E-state index contributed by atoms with van der Waals surface area (Å²) in [5, 5.41) is 61.0. The number of nitrogens with zero attached hydrogens (tertiary/aromatic N) is 1. The summed E-state index contributed by atoms with van der Waals surface area (Å²) in [4.78, 5) is 57.2. The van der Waals surface area contributed by atoms with E-state index < -0.39 is 93.3 Å². The first-order valence-electron chi connectivity index (χ1n) is 14.9. The zero-order chi connectivity index (χ0) is 34.3. The molecule has 14 heteroatoms. The maximum absolute atomic E-state index is 14.2. The van der Waals surface area contributed by atoms with Crippen LogP contribution in [0.1, 0.15) is 29.5 Å². The molecule has 0 aliphatic heterocycles. The van der Waals surface area contributed by atoms with Crippen LogP contribution in [0.15, 0.2) is 59.5 Å². The number of nitrogens with two attached hydrogens (primary N) is 2. The molecule has 1 heterocycles. The molecule has 0 radical (unpaired) electrons. The molecule has 1 aromatic heterocycles. The number of primary amides is 1. The number of carbonyl (C=O) groups is 4. The van der Waals surface area contributed by atoms with Crippen LogP contribution in [0.2, 0.25) is 0 Å². The van der Waals surface area contributed by atoms with E-state index in [2.05, 4.69) is 10.3 Å². The minimum Gasteiger partial charge on any atom is -0.508 e. The molecule has 0 bridgehead atoms. The van der Waals surface area contributed by atoms with Crippen molar-refractivity contribution in [1.82, 2.24) is 9.88 Å². The Labute approximate surface area is 268 Å². The Balaban J connectivity index is 1.39. The smallest absolute Gasteiger partial charge is 0.255 e. The minimum atomic E-state index is -3.03. The number of hydrogen-bond acceptors (Lipinski definition) is 11. The number of aliphatic hydroxyl groups is 4. The molecule has 47 heavy (non-hydrogen) atoms. The van der Waals surface area contributed by atoms with Gasteiger partial charge in [0.1, 0.15) is 22.8 Å². The van der Waals surface area contributed by atoms with Crippen LogP contribution in [-0.2, 0) is 25.6 Å². The van der Waals surface area contributed by atoms with Gasteiger partial charge in [-0.2, -0.15) is 0 Å². The number of likely N-dealkylation sites (N-methyl/N-ethyl adjacent to an activating group) is 1. The van der Waals surface area contributed by atoms with Crippen molar-refractivity contribution in [3.63, 3.8) is 0 Å². The zero-order valence-electron chi connectivity index (χ0n) is 25.7. The van der Waals surface area contributed by atoms with Crippen LogP contribution in [0.3, 0.4) is 0 Å². The summed E-state index contributed by atoms with van der Waals surface area (Å²) in [6.07, 6.45) is 0.213. The molecule has 2 aromatic carbocycles. The first-order valence-corrected chi connectivity index (χ1v) is 14.9. The van der Waals surface area contributed by atoms with E-state index >= 15 is 0 Å². The monoisotopic (exact) mass is 645 g/mol. The number of amides is 2. The van der Waals surface area contributed by atoms with Gasteiger partial charge in [0.05, 0.1) is 35.4 Å². The molecule has 246 valence electrons. The van der Waals surface area contributed by atoms with E-state index in [9.17, 15) is 44.7 Å². The summed E-state index contributed by atoms with van der Waals surface area (Å²) in [6.45, 7) is 1.62. The Bertz CT molecular complexity index is 1940. The molecule has 6 rings (SSSR count). The molecule has 3 aliphatic rings. The highest BCUT2D eigenvalue weighted by Gasteiger charge is 2.68. The molecular weight excluding hydrogens is 610 g/mol. The average Bonchev–Trinajstić information content (AvgIpc) is 3.42. The van der Waals surface area contributed by atoms with Gasteiger partial charge in [0.2, 0.25) is 11.7 Å². The molecule has 11 N–H and O–H groups in total. The van der Waals surface area contributed by atoms with Crippen molar-refractivity contribution in [2.45, 2.75) is 43.1 Å². The van der Waals surface area contributed by atoms with Crippen molar-refractivity contribution >= 4 is 45.7 Å². The number of rotatable bonds is 6. The Morgan fingerprint density at radius 1 is 1.11 bits per heavy atom. The normalized spacial score (nSPS) is 27.9. The number of para-hydroxylation sites is 1. The van der Waals surface area contributed by atoms with Gasteiger partial charge in [-0.25, -0.2) is 0 Å². The number of aliphatic hydroxyl groups excluding tert-OH is 3. The molecule has 0 spiro atoms. The van der Waals surface area contributed by atoms with E-state index in [4.69, 9.17) is 11.5 Å². The van der Waals surface area contributed by atoms with Crippen LogP contribution in [0.4, 0.5) is 5.69 Å². The number of benzene rings is 2. The maximum atomic E-state index is 14.2. The number of ketones is 2. The van der Waals surface area contributed by atoms with Crippen LogP contribution >= 0.6 is 0 Å². The van der Waals surface area contributed by atoms with Crippen molar-refractivity contribution < 1.29 is 44.7 Å². The molecule has 3 aliphatic carbocycles.